The maximum absolute atomic E-state index is 12.5. The van der Waals surface area contributed by atoms with Crippen molar-refractivity contribution in [1.29, 1.82) is 0 Å². The Labute approximate surface area is 156 Å². The standard InChI is InChI=1S/C18H20F2N2O4S/c1-22(11-13-3-7-15(26-2)8-4-13)12-17(23)21-14-5-9-16(10-6-14)27(24,25)18(19)20/h3-10,18H,11-12H2,1-2H3,(H,21,23). The first-order chi connectivity index (χ1) is 12.7. The van der Waals surface area contributed by atoms with Crippen LogP contribution in [0.4, 0.5) is 14.5 Å². The van der Waals surface area contributed by atoms with Crippen molar-refractivity contribution >= 4 is 21.4 Å². The second-order valence-electron chi connectivity index (χ2n) is 5.90. The summed E-state index contributed by atoms with van der Waals surface area (Å²) in [6.45, 7) is 0.645. The Bertz CT molecular complexity index is 869. The number of carbonyl (C=O) groups excluding carboxylic acids is 1. The molecule has 0 radical (unpaired) electrons. The lowest BCUT2D eigenvalue weighted by molar-refractivity contribution is -0.117. The van der Waals surface area contributed by atoms with Gasteiger partial charge < -0.3 is 10.1 Å². The van der Waals surface area contributed by atoms with Crippen LogP contribution in [0.1, 0.15) is 5.56 Å². The molecule has 0 aromatic heterocycles. The van der Waals surface area contributed by atoms with Gasteiger partial charge in [0.25, 0.3) is 0 Å². The van der Waals surface area contributed by atoms with Crippen molar-refractivity contribution in [1.82, 2.24) is 4.90 Å². The lowest BCUT2D eigenvalue weighted by Crippen LogP contribution is -2.29. The molecule has 0 heterocycles. The summed E-state index contributed by atoms with van der Waals surface area (Å²) in [7, 11) is -1.28. The minimum absolute atomic E-state index is 0.100. The van der Waals surface area contributed by atoms with Crippen molar-refractivity contribution in [3.63, 3.8) is 0 Å². The molecule has 1 amide bonds. The van der Waals surface area contributed by atoms with Gasteiger partial charge >= 0.3 is 5.76 Å². The van der Waals surface area contributed by atoms with E-state index in [1.54, 1.807) is 19.1 Å². The van der Waals surface area contributed by atoms with Crippen molar-refractivity contribution < 1.29 is 26.7 Å². The molecule has 2 aromatic carbocycles. The van der Waals surface area contributed by atoms with Crippen molar-refractivity contribution in [3.05, 3.63) is 54.1 Å². The van der Waals surface area contributed by atoms with Crippen LogP contribution in [0, 0.1) is 0 Å². The number of sulfone groups is 1. The van der Waals surface area contributed by atoms with Gasteiger partial charge in [0.15, 0.2) is 0 Å². The minimum Gasteiger partial charge on any atom is -0.497 e. The Balaban J connectivity index is 1.91. The molecule has 146 valence electrons. The summed E-state index contributed by atoms with van der Waals surface area (Å²) in [6.07, 6.45) is 0. The number of nitrogens with one attached hydrogen (secondary N) is 1. The summed E-state index contributed by atoms with van der Waals surface area (Å²) in [6, 6.07) is 12.1. The molecule has 0 aliphatic carbocycles. The third-order valence-electron chi connectivity index (χ3n) is 3.73. The summed E-state index contributed by atoms with van der Waals surface area (Å²) < 4.78 is 52.8. The molecule has 1 N–H and O–H groups in total. The fraction of sp³-hybridized carbons (Fsp3) is 0.278. The third kappa shape index (κ3) is 5.73. The zero-order valence-electron chi connectivity index (χ0n) is 14.9. The number of anilines is 1. The Morgan fingerprint density at radius 2 is 1.70 bits per heavy atom. The fourth-order valence-corrected chi connectivity index (χ4v) is 3.10. The number of benzene rings is 2. The second-order valence-corrected chi connectivity index (χ2v) is 7.82. The summed E-state index contributed by atoms with van der Waals surface area (Å²) >= 11 is 0. The van der Waals surface area contributed by atoms with Crippen LogP contribution >= 0.6 is 0 Å². The van der Waals surface area contributed by atoms with Gasteiger partial charge in [-0.1, -0.05) is 12.1 Å². The van der Waals surface area contributed by atoms with Crippen LogP contribution in [0.3, 0.4) is 0 Å². The van der Waals surface area contributed by atoms with Crippen LogP contribution in [0.2, 0.25) is 0 Å². The monoisotopic (exact) mass is 398 g/mol. The van der Waals surface area contributed by atoms with E-state index in [9.17, 15) is 22.0 Å². The zero-order valence-corrected chi connectivity index (χ0v) is 15.7. The molecule has 0 atom stereocenters. The third-order valence-corrected chi connectivity index (χ3v) is 5.12. The van der Waals surface area contributed by atoms with Crippen molar-refractivity contribution in [2.75, 3.05) is 26.0 Å². The largest absolute Gasteiger partial charge is 0.497 e. The molecule has 0 aliphatic heterocycles. The summed E-state index contributed by atoms with van der Waals surface area (Å²) in [5.74, 6) is -3.04. The molecule has 0 bridgehead atoms. The smallest absolute Gasteiger partial charge is 0.341 e. The predicted octanol–water partition coefficient (Wildman–Crippen LogP) is 2.76. The highest BCUT2D eigenvalue weighted by Crippen LogP contribution is 2.20. The van der Waals surface area contributed by atoms with Crippen molar-refractivity contribution in [2.45, 2.75) is 17.2 Å². The summed E-state index contributed by atoms with van der Waals surface area (Å²) in [4.78, 5) is 13.4. The second kappa shape index (κ2) is 8.92. The average Bonchev–Trinajstić information content (AvgIpc) is 2.62. The first-order valence-corrected chi connectivity index (χ1v) is 9.50. The van der Waals surface area contributed by atoms with E-state index < -0.39 is 20.5 Å². The summed E-state index contributed by atoms with van der Waals surface area (Å²) in [5, 5.41) is 2.60. The molecule has 0 unspecified atom stereocenters. The van der Waals surface area contributed by atoms with Gasteiger partial charge in [-0.2, -0.15) is 8.78 Å². The molecule has 0 spiro atoms. The van der Waals surface area contributed by atoms with E-state index in [2.05, 4.69) is 5.32 Å². The molecule has 0 saturated heterocycles. The van der Waals surface area contributed by atoms with E-state index in [0.717, 1.165) is 23.4 Å². The van der Waals surface area contributed by atoms with Crippen LogP contribution in [-0.4, -0.2) is 45.7 Å². The number of hydrogen-bond acceptors (Lipinski definition) is 5. The molecule has 6 nitrogen and oxygen atoms in total. The Hall–Kier alpha value is -2.52. The van der Waals surface area contributed by atoms with E-state index in [-0.39, 0.29) is 12.5 Å². The number of alkyl halides is 2. The maximum Gasteiger partial charge on any atom is 0.341 e. The van der Waals surface area contributed by atoms with Crippen LogP contribution < -0.4 is 10.1 Å². The van der Waals surface area contributed by atoms with Crippen molar-refractivity contribution in [3.8, 4) is 5.75 Å². The molecule has 0 aliphatic rings. The number of amides is 1. The van der Waals surface area contributed by atoms with Gasteiger partial charge in [0.2, 0.25) is 15.7 Å². The van der Waals surface area contributed by atoms with E-state index >= 15 is 0 Å². The molecule has 27 heavy (non-hydrogen) atoms. The molecule has 0 saturated carbocycles. The number of methoxy groups -OCH3 is 1. The Morgan fingerprint density at radius 1 is 1.11 bits per heavy atom. The lowest BCUT2D eigenvalue weighted by Gasteiger charge is -2.16. The van der Waals surface area contributed by atoms with Gasteiger partial charge in [0.05, 0.1) is 18.6 Å². The first kappa shape index (κ1) is 20.8. The first-order valence-electron chi connectivity index (χ1n) is 7.96. The number of likely N-dealkylation sites (N-methyl/N-ethyl adjacent to an activating group) is 1. The van der Waals surface area contributed by atoms with E-state index in [0.29, 0.717) is 12.2 Å². The van der Waals surface area contributed by atoms with Gasteiger partial charge in [-0.05, 0) is 49.0 Å². The van der Waals surface area contributed by atoms with Gasteiger partial charge in [0.1, 0.15) is 5.75 Å². The van der Waals surface area contributed by atoms with Gasteiger partial charge in [-0.3, -0.25) is 9.69 Å². The number of ether oxygens (including phenoxy) is 1. The normalized spacial score (nSPS) is 11.6. The minimum atomic E-state index is -4.64. The van der Waals surface area contributed by atoms with Crippen LogP contribution in [0.15, 0.2) is 53.4 Å². The number of nitrogens with zero attached hydrogens (tertiary/aromatic N) is 1. The van der Waals surface area contributed by atoms with Crippen LogP contribution in [-0.2, 0) is 21.2 Å². The number of rotatable bonds is 8. The molecular weight excluding hydrogens is 378 g/mol. The van der Waals surface area contributed by atoms with E-state index in [4.69, 9.17) is 4.74 Å². The lowest BCUT2D eigenvalue weighted by atomic mass is 10.2. The molecule has 9 heteroatoms. The highest BCUT2D eigenvalue weighted by Gasteiger charge is 2.26. The quantitative estimate of drug-likeness (QED) is 0.740. The number of hydrogen-bond donors (Lipinski definition) is 1. The number of carbonyl (C=O) groups is 1. The van der Waals surface area contributed by atoms with Crippen LogP contribution in [0.25, 0.3) is 0 Å². The highest BCUT2D eigenvalue weighted by molar-refractivity contribution is 7.91. The maximum atomic E-state index is 12.5. The van der Waals surface area contributed by atoms with Gasteiger partial charge in [0, 0.05) is 12.2 Å². The zero-order chi connectivity index (χ0) is 20.0. The fourth-order valence-electron chi connectivity index (χ4n) is 2.38. The highest BCUT2D eigenvalue weighted by atomic mass is 32.2. The Kier molecular flexibility index (Phi) is 6.86. The van der Waals surface area contributed by atoms with E-state index in [1.165, 1.54) is 12.1 Å². The molecule has 2 aromatic rings. The molecular formula is C18H20F2N2O4S. The van der Waals surface area contributed by atoms with Crippen molar-refractivity contribution in [2.24, 2.45) is 0 Å². The predicted molar refractivity (Wildman–Crippen MR) is 97.6 cm³/mol. The van der Waals surface area contributed by atoms with Crippen LogP contribution in [0.5, 0.6) is 5.75 Å². The SMILES string of the molecule is COc1ccc(CN(C)CC(=O)Nc2ccc(S(=O)(=O)C(F)F)cc2)cc1. The van der Waals surface area contributed by atoms with Gasteiger partial charge in [-0.15, -0.1) is 0 Å². The molecule has 2 rings (SSSR count). The van der Waals surface area contributed by atoms with E-state index in [1.807, 2.05) is 24.3 Å². The molecule has 0 fully saturated rings. The number of halogens is 2. The van der Waals surface area contributed by atoms with Gasteiger partial charge in [-0.25, -0.2) is 8.42 Å². The topological polar surface area (TPSA) is 75.7 Å². The Morgan fingerprint density at radius 3 is 2.22 bits per heavy atom. The summed E-state index contributed by atoms with van der Waals surface area (Å²) in [5.41, 5.74) is 1.33. The average molecular weight is 398 g/mol.